The first-order valence-electron chi connectivity index (χ1n) is 8.81. The van der Waals surface area contributed by atoms with Gasteiger partial charge < -0.3 is 9.80 Å². The molecular formula is C20H28N2OP. The maximum Gasteiger partial charge on any atom is 0.136 e. The summed E-state index contributed by atoms with van der Waals surface area (Å²) in [6.45, 7) is 12.5. The molecule has 2 aromatic rings. The molecule has 0 saturated heterocycles. The summed E-state index contributed by atoms with van der Waals surface area (Å²) in [5, 5.41) is 1.77. The first-order valence-corrected chi connectivity index (χ1v) is 10.1. The van der Waals surface area contributed by atoms with Gasteiger partial charge in [0, 0.05) is 48.2 Å². The molecule has 129 valence electrons. The van der Waals surface area contributed by atoms with Gasteiger partial charge in [-0.3, -0.25) is 4.57 Å². The summed E-state index contributed by atoms with van der Waals surface area (Å²) in [7, 11) is -1.54. The molecule has 3 nitrogen and oxygen atoms in total. The van der Waals surface area contributed by atoms with Crippen LogP contribution in [0.2, 0.25) is 0 Å². The first kappa shape index (κ1) is 18.5. The third-order valence-electron chi connectivity index (χ3n) is 4.43. The minimum absolute atomic E-state index is 0.886. The van der Waals surface area contributed by atoms with Crippen molar-refractivity contribution in [1.29, 1.82) is 0 Å². The van der Waals surface area contributed by atoms with Gasteiger partial charge >= 0.3 is 0 Å². The Morgan fingerprint density at radius 1 is 0.625 bits per heavy atom. The monoisotopic (exact) mass is 343 g/mol. The standard InChI is InChI=1S/C20H28N2OP/c1-5-21(6-2)17-9-13-19(14-10-17)24(23)20-15-11-18(12-16-20)22(7-3)8-4/h9-16H,5-8H2,1-4H3. The molecule has 2 rings (SSSR count). The van der Waals surface area contributed by atoms with Crippen LogP contribution in [0.4, 0.5) is 11.4 Å². The van der Waals surface area contributed by atoms with Gasteiger partial charge in [-0.15, -0.1) is 0 Å². The minimum atomic E-state index is -1.54. The SMILES string of the molecule is CCN(CC)c1ccc([P](=O)c2ccc(N(CC)CC)cc2)cc1. The lowest BCUT2D eigenvalue weighted by Crippen LogP contribution is -2.22. The molecule has 0 amide bonds. The lowest BCUT2D eigenvalue weighted by molar-refractivity contribution is 0.598. The van der Waals surface area contributed by atoms with Crippen LogP contribution in [-0.4, -0.2) is 26.2 Å². The molecule has 0 bridgehead atoms. The van der Waals surface area contributed by atoms with Crippen molar-refractivity contribution in [2.45, 2.75) is 27.7 Å². The van der Waals surface area contributed by atoms with Crippen molar-refractivity contribution in [3.05, 3.63) is 48.5 Å². The second kappa shape index (κ2) is 8.84. The van der Waals surface area contributed by atoms with E-state index in [-0.39, 0.29) is 0 Å². The number of benzene rings is 2. The van der Waals surface area contributed by atoms with E-state index >= 15 is 0 Å². The Morgan fingerprint density at radius 3 is 1.17 bits per heavy atom. The van der Waals surface area contributed by atoms with Crippen LogP contribution in [0.1, 0.15) is 27.7 Å². The van der Waals surface area contributed by atoms with Crippen molar-refractivity contribution in [3.63, 3.8) is 0 Å². The summed E-state index contributed by atoms with van der Waals surface area (Å²) >= 11 is 0. The molecule has 0 spiro atoms. The van der Waals surface area contributed by atoms with E-state index in [1.54, 1.807) is 0 Å². The van der Waals surface area contributed by atoms with Gasteiger partial charge in [0.05, 0.1) is 0 Å². The van der Waals surface area contributed by atoms with Crippen LogP contribution in [0.5, 0.6) is 0 Å². The van der Waals surface area contributed by atoms with Gasteiger partial charge in [0.2, 0.25) is 0 Å². The van der Waals surface area contributed by atoms with E-state index in [2.05, 4.69) is 61.8 Å². The van der Waals surface area contributed by atoms with E-state index < -0.39 is 7.80 Å². The maximum atomic E-state index is 12.8. The topological polar surface area (TPSA) is 23.6 Å². The number of hydrogen-bond donors (Lipinski definition) is 0. The van der Waals surface area contributed by atoms with Crippen LogP contribution in [-0.2, 0) is 4.57 Å². The Kier molecular flexibility index (Phi) is 6.81. The van der Waals surface area contributed by atoms with Gasteiger partial charge in [-0.2, -0.15) is 0 Å². The molecule has 24 heavy (non-hydrogen) atoms. The Morgan fingerprint density at radius 2 is 0.917 bits per heavy atom. The van der Waals surface area contributed by atoms with Crippen molar-refractivity contribution in [3.8, 4) is 0 Å². The molecular weight excluding hydrogens is 315 g/mol. The molecule has 0 heterocycles. The lowest BCUT2D eigenvalue weighted by atomic mass is 10.3. The maximum absolute atomic E-state index is 12.8. The third kappa shape index (κ3) is 4.15. The van der Waals surface area contributed by atoms with E-state index in [1.165, 1.54) is 11.4 Å². The normalized spacial score (nSPS) is 10.5. The van der Waals surface area contributed by atoms with Gasteiger partial charge in [0.25, 0.3) is 0 Å². The molecule has 0 aliphatic heterocycles. The van der Waals surface area contributed by atoms with Crippen molar-refractivity contribution in [1.82, 2.24) is 0 Å². The second-order valence-electron chi connectivity index (χ2n) is 5.67. The highest BCUT2D eigenvalue weighted by molar-refractivity contribution is 7.61. The van der Waals surface area contributed by atoms with Gasteiger partial charge in [-0.05, 0) is 76.2 Å². The molecule has 0 saturated carbocycles. The second-order valence-corrected chi connectivity index (χ2v) is 7.29. The molecule has 2 aromatic carbocycles. The minimum Gasteiger partial charge on any atom is -0.372 e. The molecule has 0 atom stereocenters. The van der Waals surface area contributed by atoms with Gasteiger partial charge in [-0.1, -0.05) is 0 Å². The summed E-state index contributed by atoms with van der Waals surface area (Å²) in [6, 6.07) is 16.2. The fourth-order valence-corrected chi connectivity index (χ4v) is 4.06. The zero-order valence-corrected chi connectivity index (χ0v) is 16.1. The van der Waals surface area contributed by atoms with Crippen LogP contribution in [0, 0.1) is 0 Å². The largest absolute Gasteiger partial charge is 0.372 e. The van der Waals surface area contributed by atoms with E-state index in [9.17, 15) is 4.57 Å². The average Bonchev–Trinajstić information content (AvgIpc) is 2.64. The van der Waals surface area contributed by atoms with Crippen LogP contribution in [0.25, 0.3) is 0 Å². The fourth-order valence-electron chi connectivity index (χ4n) is 2.92. The van der Waals surface area contributed by atoms with E-state index in [1.807, 2.05) is 24.3 Å². The highest BCUT2D eigenvalue weighted by Gasteiger charge is 2.10. The van der Waals surface area contributed by atoms with Gasteiger partial charge in [0.15, 0.2) is 0 Å². The van der Waals surface area contributed by atoms with Crippen molar-refractivity contribution in [2.75, 3.05) is 36.0 Å². The lowest BCUT2D eigenvalue weighted by Gasteiger charge is -2.21. The van der Waals surface area contributed by atoms with Crippen LogP contribution in [0.15, 0.2) is 48.5 Å². The quantitative estimate of drug-likeness (QED) is 0.673. The molecule has 0 fully saturated rings. The Balaban J connectivity index is 2.16. The molecule has 1 radical (unpaired) electrons. The van der Waals surface area contributed by atoms with Gasteiger partial charge in [-0.25, -0.2) is 0 Å². The zero-order valence-electron chi connectivity index (χ0n) is 15.2. The number of nitrogens with zero attached hydrogens (tertiary/aromatic N) is 2. The number of rotatable bonds is 8. The third-order valence-corrected chi connectivity index (χ3v) is 5.96. The highest BCUT2D eigenvalue weighted by Crippen LogP contribution is 2.23. The molecule has 4 heteroatoms. The first-order chi connectivity index (χ1) is 11.6. The Hall–Kier alpha value is -1.86. The molecule has 0 aromatic heterocycles. The number of hydrogen-bond acceptors (Lipinski definition) is 3. The smallest absolute Gasteiger partial charge is 0.136 e. The molecule has 0 N–H and O–H groups in total. The predicted molar refractivity (Wildman–Crippen MR) is 107 cm³/mol. The van der Waals surface area contributed by atoms with Crippen molar-refractivity contribution in [2.24, 2.45) is 0 Å². The summed E-state index contributed by atoms with van der Waals surface area (Å²) in [5.41, 5.74) is 2.37. The predicted octanol–water partition coefficient (Wildman–Crippen LogP) is 4.16. The fraction of sp³-hybridized carbons (Fsp3) is 0.400. The summed E-state index contributed by atoms with van der Waals surface area (Å²) in [4.78, 5) is 4.57. The van der Waals surface area contributed by atoms with Crippen molar-refractivity contribution >= 4 is 29.8 Å². The Labute approximate surface area is 147 Å². The average molecular weight is 343 g/mol. The van der Waals surface area contributed by atoms with E-state index in [4.69, 9.17) is 0 Å². The highest BCUT2D eigenvalue weighted by atomic mass is 31.1. The van der Waals surface area contributed by atoms with Gasteiger partial charge in [0.1, 0.15) is 7.80 Å². The molecule has 0 aliphatic rings. The van der Waals surface area contributed by atoms with Crippen LogP contribution >= 0.6 is 7.80 Å². The van der Waals surface area contributed by atoms with Crippen LogP contribution in [0.3, 0.4) is 0 Å². The van der Waals surface area contributed by atoms with E-state index in [0.717, 1.165) is 36.8 Å². The molecule has 0 aliphatic carbocycles. The Bertz CT molecular complexity index is 587. The number of anilines is 2. The molecule has 0 unspecified atom stereocenters. The van der Waals surface area contributed by atoms with Crippen LogP contribution < -0.4 is 20.4 Å². The summed E-state index contributed by atoms with van der Waals surface area (Å²) in [6.07, 6.45) is 0. The summed E-state index contributed by atoms with van der Waals surface area (Å²) in [5.74, 6) is 0. The van der Waals surface area contributed by atoms with Crippen molar-refractivity contribution < 1.29 is 4.57 Å². The van der Waals surface area contributed by atoms with E-state index in [0.29, 0.717) is 0 Å². The zero-order chi connectivity index (χ0) is 17.5. The summed E-state index contributed by atoms with van der Waals surface area (Å²) < 4.78 is 12.8.